The Morgan fingerprint density at radius 2 is 1.82 bits per heavy atom. The Morgan fingerprint density at radius 3 is 2.62 bits per heavy atom. The molecule has 2 aliphatic heterocycles. The molecule has 0 aliphatic carbocycles. The summed E-state index contributed by atoms with van der Waals surface area (Å²) >= 11 is 0. The van der Waals surface area contributed by atoms with Crippen LogP contribution >= 0.6 is 0 Å². The second-order valence-electron chi connectivity index (χ2n) is 8.04. The SMILES string of the molecule is COc1ccc([C@@H]2Oc3ccccc3C3=C2[C@H](c2ccc(F)cc2)n2ncnc2N3)c(OC)c1. The van der Waals surface area contributed by atoms with Crippen LogP contribution in [0.5, 0.6) is 17.2 Å². The molecule has 3 aromatic carbocycles. The lowest BCUT2D eigenvalue weighted by molar-refractivity contribution is 0.217. The molecule has 3 heterocycles. The Labute approximate surface area is 195 Å². The van der Waals surface area contributed by atoms with E-state index in [0.717, 1.165) is 33.7 Å². The van der Waals surface area contributed by atoms with Crippen molar-refractivity contribution in [3.05, 3.63) is 101 Å². The van der Waals surface area contributed by atoms with Crippen LogP contribution in [-0.2, 0) is 0 Å². The number of nitrogens with one attached hydrogen (secondary N) is 1. The Bertz CT molecular complexity index is 1410. The Kier molecular flexibility index (Phi) is 4.72. The molecule has 0 amide bonds. The van der Waals surface area contributed by atoms with E-state index >= 15 is 0 Å². The van der Waals surface area contributed by atoms with Gasteiger partial charge in [0.25, 0.3) is 0 Å². The van der Waals surface area contributed by atoms with E-state index in [1.165, 1.54) is 18.5 Å². The highest BCUT2D eigenvalue weighted by Gasteiger charge is 2.41. The van der Waals surface area contributed by atoms with Gasteiger partial charge in [-0.05, 0) is 42.0 Å². The van der Waals surface area contributed by atoms with Gasteiger partial charge in [0.15, 0.2) is 6.10 Å². The lowest BCUT2D eigenvalue weighted by Gasteiger charge is -2.39. The highest BCUT2D eigenvalue weighted by molar-refractivity contribution is 5.85. The van der Waals surface area contributed by atoms with Crippen molar-refractivity contribution in [3.63, 3.8) is 0 Å². The van der Waals surface area contributed by atoms with Crippen LogP contribution in [0.1, 0.15) is 28.8 Å². The minimum Gasteiger partial charge on any atom is -0.497 e. The molecule has 0 bridgehead atoms. The molecule has 6 rings (SSSR count). The van der Waals surface area contributed by atoms with Gasteiger partial charge in [-0.1, -0.05) is 24.3 Å². The molecule has 2 atom stereocenters. The van der Waals surface area contributed by atoms with Gasteiger partial charge in [-0.15, -0.1) is 0 Å². The lowest BCUT2D eigenvalue weighted by Crippen LogP contribution is -2.32. The third kappa shape index (κ3) is 3.10. The maximum absolute atomic E-state index is 13.8. The van der Waals surface area contributed by atoms with Gasteiger partial charge < -0.3 is 19.5 Å². The Balaban J connectivity index is 1.62. The van der Waals surface area contributed by atoms with Crippen molar-refractivity contribution in [1.82, 2.24) is 14.8 Å². The number of anilines is 1. The van der Waals surface area contributed by atoms with Gasteiger partial charge in [0, 0.05) is 22.8 Å². The van der Waals surface area contributed by atoms with Crippen molar-refractivity contribution in [1.29, 1.82) is 0 Å². The molecule has 34 heavy (non-hydrogen) atoms. The molecule has 0 radical (unpaired) electrons. The van der Waals surface area contributed by atoms with Crippen LogP contribution in [-0.4, -0.2) is 29.0 Å². The van der Waals surface area contributed by atoms with Gasteiger partial charge >= 0.3 is 0 Å². The number of ether oxygens (including phenoxy) is 3. The standard InChI is InChI=1S/C26H21FN4O3/c1-32-17-11-12-19(21(13-17)33-2)25-22-23(18-5-3-4-6-20(18)34-25)30-26-28-14-29-31(26)24(22)15-7-9-16(27)10-8-15/h3-14,24-25H,1-2H3,(H,28,29,30)/t24-,25-/m0/s1. The normalized spacial score (nSPS) is 18.2. The molecule has 170 valence electrons. The summed E-state index contributed by atoms with van der Waals surface area (Å²) in [4.78, 5) is 4.42. The van der Waals surface area contributed by atoms with Crippen LogP contribution in [0.2, 0.25) is 0 Å². The minimum absolute atomic E-state index is 0.302. The van der Waals surface area contributed by atoms with Crippen LogP contribution in [0.3, 0.4) is 0 Å². The van der Waals surface area contributed by atoms with Crippen LogP contribution in [0.4, 0.5) is 10.3 Å². The average molecular weight is 456 g/mol. The fourth-order valence-corrected chi connectivity index (χ4v) is 4.68. The molecule has 2 aliphatic rings. The van der Waals surface area contributed by atoms with Crippen LogP contribution in [0, 0.1) is 5.82 Å². The van der Waals surface area contributed by atoms with E-state index in [2.05, 4.69) is 15.4 Å². The molecule has 0 unspecified atom stereocenters. The molecular weight excluding hydrogens is 435 g/mol. The number of methoxy groups -OCH3 is 2. The number of benzene rings is 3. The van der Waals surface area contributed by atoms with E-state index in [1.807, 2.05) is 42.5 Å². The second kappa shape index (κ2) is 7.91. The number of aromatic nitrogens is 3. The first-order chi connectivity index (χ1) is 16.7. The molecule has 0 spiro atoms. The number of nitrogens with zero attached hydrogens (tertiary/aromatic N) is 3. The first kappa shape index (κ1) is 20.3. The second-order valence-corrected chi connectivity index (χ2v) is 8.04. The van der Waals surface area contributed by atoms with Crippen LogP contribution in [0.25, 0.3) is 5.70 Å². The minimum atomic E-state index is -0.509. The molecule has 4 aromatic rings. The number of rotatable bonds is 4. The summed E-state index contributed by atoms with van der Waals surface area (Å²) in [5, 5.41) is 7.95. The molecule has 8 heteroatoms. The highest BCUT2D eigenvalue weighted by atomic mass is 19.1. The van der Waals surface area contributed by atoms with Crippen molar-refractivity contribution in [2.24, 2.45) is 0 Å². The van der Waals surface area contributed by atoms with Crippen LogP contribution < -0.4 is 19.5 Å². The maximum atomic E-state index is 13.8. The van der Waals surface area contributed by atoms with Gasteiger partial charge in [-0.2, -0.15) is 10.1 Å². The van der Waals surface area contributed by atoms with Crippen molar-refractivity contribution >= 4 is 11.6 Å². The van der Waals surface area contributed by atoms with Crippen molar-refractivity contribution in [2.45, 2.75) is 12.1 Å². The highest BCUT2D eigenvalue weighted by Crippen LogP contribution is 2.52. The van der Waals surface area contributed by atoms with E-state index in [1.54, 1.807) is 31.0 Å². The summed E-state index contributed by atoms with van der Waals surface area (Å²) < 4.78 is 33.4. The Morgan fingerprint density at radius 1 is 1.00 bits per heavy atom. The summed E-state index contributed by atoms with van der Waals surface area (Å²) in [6, 6.07) is 19.6. The molecule has 0 saturated carbocycles. The smallest absolute Gasteiger partial charge is 0.226 e. The fourth-order valence-electron chi connectivity index (χ4n) is 4.68. The topological polar surface area (TPSA) is 70.4 Å². The predicted octanol–water partition coefficient (Wildman–Crippen LogP) is 4.99. The molecule has 0 saturated heterocycles. The number of hydrogen-bond acceptors (Lipinski definition) is 6. The molecule has 0 fully saturated rings. The largest absolute Gasteiger partial charge is 0.497 e. The zero-order valence-electron chi connectivity index (χ0n) is 18.5. The number of fused-ring (bicyclic) bond motifs is 3. The van der Waals surface area contributed by atoms with E-state index in [9.17, 15) is 4.39 Å². The zero-order chi connectivity index (χ0) is 23.2. The first-order valence-corrected chi connectivity index (χ1v) is 10.8. The molecule has 1 N–H and O–H groups in total. The summed E-state index contributed by atoms with van der Waals surface area (Å²) in [6.45, 7) is 0. The number of para-hydroxylation sites is 1. The summed E-state index contributed by atoms with van der Waals surface area (Å²) in [7, 11) is 3.24. The quantitative estimate of drug-likeness (QED) is 0.466. The fraction of sp³-hybridized carbons (Fsp3) is 0.154. The molecule has 7 nitrogen and oxygen atoms in total. The third-order valence-electron chi connectivity index (χ3n) is 6.23. The average Bonchev–Trinajstić information content (AvgIpc) is 3.35. The summed E-state index contributed by atoms with van der Waals surface area (Å²) in [6.07, 6.45) is 0.998. The van der Waals surface area contributed by atoms with Crippen molar-refractivity contribution in [2.75, 3.05) is 19.5 Å². The monoisotopic (exact) mass is 456 g/mol. The van der Waals surface area contributed by atoms with Gasteiger partial charge in [0.1, 0.15) is 35.4 Å². The molecule has 1 aromatic heterocycles. The number of halogens is 1. The third-order valence-corrected chi connectivity index (χ3v) is 6.23. The zero-order valence-corrected chi connectivity index (χ0v) is 18.5. The predicted molar refractivity (Wildman–Crippen MR) is 124 cm³/mol. The van der Waals surface area contributed by atoms with E-state index in [4.69, 9.17) is 14.2 Å². The summed E-state index contributed by atoms with van der Waals surface area (Å²) in [5.41, 5.74) is 4.43. The van der Waals surface area contributed by atoms with Crippen LogP contribution in [0.15, 0.2) is 78.6 Å². The van der Waals surface area contributed by atoms with Crippen molar-refractivity contribution < 1.29 is 18.6 Å². The Hall–Kier alpha value is -4.33. The number of hydrogen-bond donors (Lipinski definition) is 1. The van der Waals surface area contributed by atoms with E-state index < -0.39 is 6.10 Å². The van der Waals surface area contributed by atoms with Gasteiger partial charge in [-0.3, -0.25) is 0 Å². The van der Waals surface area contributed by atoms with E-state index in [0.29, 0.717) is 17.4 Å². The lowest BCUT2D eigenvalue weighted by atomic mass is 9.84. The van der Waals surface area contributed by atoms with E-state index in [-0.39, 0.29) is 11.9 Å². The first-order valence-electron chi connectivity index (χ1n) is 10.8. The van der Waals surface area contributed by atoms with Crippen molar-refractivity contribution in [3.8, 4) is 17.2 Å². The van der Waals surface area contributed by atoms with Gasteiger partial charge in [-0.25, -0.2) is 9.07 Å². The van der Waals surface area contributed by atoms with Gasteiger partial charge in [0.05, 0.1) is 19.9 Å². The molecular formula is C26H21FN4O3. The maximum Gasteiger partial charge on any atom is 0.226 e. The summed E-state index contributed by atoms with van der Waals surface area (Å²) in [5.74, 6) is 2.36. The van der Waals surface area contributed by atoms with Gasteiger partial charge in [0.2, 0.25) is 5.95 Å².